The van der Waals surface area contributed by atoms with E-state index in [0.717, 1.165) is 0 Å². The Balaban J connectivity index is 4.52. The second-order valence-electron chi connectivity index (χ2n) is 3.00. The van der Waals surface area contributed by atoms with Gasteiger partial charge in [-0.1, -0.05) is 0 Å². The molecule has 0 heterocycles. The molecule has 0 bridgehead atoms. The summed E-state index contributed by atoms with van der Waals surface area (Å²) in [5.74, 6) is -0.542. The monoisotopic (exact) mass is 222 g/mol. The predicted octanol–water partition coefficient (Wildman–Crippen LogP) is -1.41. The molecule has 0 fully saturated rings. The molecule has 0 saturated carbocycles. The predicted molar refractivity (Wildman–Crippen MR) is 51.6 cm³/mol. The lowest BCUT2D eigenvalue weighted by atomic mass is 10.0. The molecule has 0 aromatic carbocycles. The minimum atomic E-state index is -0.995. The molecule has 0 spiro atoms. The van der Waals surface area contributed by atoms with Gasteiger partial charge in [0, 0.05) is 21.3 Å². The molecule has 90 valence electrons. The van der Waals surface area contributed by atoms with E-state index >= 15 is 0 Å². The average molecular weight is 222 g/mol. The molecular weight excluding hydrogens is 204 g/mol. The lowest BCUT2D eigenvalue weighted by Gasteiger charge is -2.27. The van der Waals surface area contributed by atoms with Crippen LogP contribution in [0.2, 0.25) is 0 Å². The third kappa shape index (κ3) is 4.23. The van der Waals surface area contributed by atoms with Crippen LogP contribution >= 0.6 is 0 Å². The van der Waals surface area contributed by atoms with Gasteiger partial charge in [-0.25, -0.2) is 0 Å². The van der Waals surface area contributed by atoms with Crippen LogP contribution in [0.4, 0.5) is 0 Å². The van der Waals surface area contributed by atoms with E-state index in [0.29, 0.717) is 0 Å². The first-order valence-electron chi connectivity index (χ1n) is 4.48. The molecule has 0 rings (SSSR count). The van der Waals surface area contributed by atoms with Gasteiger partial charge in [0.15, 0.2) is 5.78 Å². The van der Waals surface area contributed by atoms with E-state index in [1.165, 1.54) is 21.3 Å². The van der Waals surface area contributed by atoms with Crippen molar-refractivity contribution in [2.24, 2.45) is 0 Å². The van der Waals surface area contributed by atoms with E-state index < -0.39 is 30.7 Å². The maximum atomic E-state index is 11.2. The summed E-state index contributed by atoms with van der Waals surface area (Å²) in [6.45, 7) is -0.630. The maximum absolute atomic E-state index is 11.2. The van der Waals surface area contributed by atoms with Gasteiger partial charge < -0.3 is 24.4 Å². The van der Waals surface area contributed by atoms with Crippen molar-refractivity contribution in [1.82, 2.24) is 0 Å². The lowest BCUT2D eigenvalue weighted by Crippen LogP contribution is -2.47. The van der Waals surface area contributed by atoms with Crippen molar-refractivity contribution in [2.45, 2.75) is 18.3 Å². The summed E-state index contributed by atoms with van der Waals surface area (Å²) in [5, 5.41) is 18.3. The largest absolute Gasteiger partial charge is 0.388 e. The Morgan fingerprint density at radius 1 is 1.27 bits per heavy atom. The highest BCUT2D eigenvalue weighted by atomic mass is 16.5. The highest BCUT2D eigenvalue weighted by molar-refractivity contribution is 5.84. The summed E-state index contributed by atoms with van der Waals surface area (Å²) in [6, 6.07) is 0. The normalized spacial score (nSPS) is 17.1. The molecule has 0 amide bonds. The molecule has 3 atom stereocenters. The number of hydrogen-bond donors (Lipinski definition) is 2. The van der Waals surface area contributed by atoms with Crippen LogP contribution in [0.25, 0.3) is 0 Å². The zero-order valence-corrected chi connectivity index (χ0v) is 9.17. The SMILES string of the molecule is COC[C@@H](O)[C@@H](OC)[C@H](OC)C(=O)CO. The van der Waals surface area contributed by atoms with Gasteiger partial charge >= 0.3 is 0 Å². The number of carbonyl (C=O) groups is 1. The Bertz CT molecular complexity index is 183. The van der Waals surface area contributed by atoms with Crippen LogP contribution < -0.4 is 0 Å². The third-order valence-electron chi connectivity index (χ3n) is 2.01. The molecule has 6 heteroatoms. The number of carbonyl (C=O) groups excluding carboxylic acids is 1. The van der Waals surface area contributed by atoms with Gasteiger partial charge in [0.25, 0.3) is 0 Å². The van der Waals surface area contributed by atoms with Gasteiger partial charge in [-0.2, -0.15) is 0 Å². The number of Topliss-reactive ketones (excluding diaryl/α,β-unsaturated/α-hetero) is 1. The fourth-order valence-corrected chi connectivity index (χ4v) is 1.29. The van der Waals surface area contributed by atoms with E-state index in [-0.39, 0.29) is 6.61 Å². The van der Waals surface area contributed by atoms with Crippen molar-refractivity contribution in [3.05, 3.63) is 0 Å². The molecule has 0 aliphatic rings. The van der Waals surface area contributed by atoms with Crippen LogP contribution in [0.5, 0.6) is 0 Å². The topological polar surface area (TPSA) is 85.2 Å². The van der Waals surface area contributed by atoms with Crippen LogP contribution in [-0.2, 0) is 19.0 Å². The standard InChI is InChI=1S/C9H18O6/c1-13-5-7(12)9(15-3)8(14-2)6(11)4-10/h7-10,12H,4-5H2,1-3H3/t7-,8-,9-/m1/s1. The molecule has 2 N–H and O–H groups in total. The van der Waals surface area contributed by atoms with E-state index in [4.69, 9.17) is 19.3 Å². The molecule has 0 aliphatic heterocycles. The summed E-state index contributed by atoms with van der Waals surface area (Å²) in [5.41, 5.74) is 0. The summed E-state index contributed by atoms with van der Waals surface area (Å²) in [7, 11) is 4.08. The Labute approximate surface area is 88.7 Å². The average Bonchev–Trinajstić information content (AvgIpc) is 2.24. The van der Waals surface area contributed by atoms with Crippen LogP contribution in [0.15, 0.2) is 0 Å². The summed E-state index contributed by atoms with van der Waals surface area (Å²) in [6.07, 6.45) is -2.83. The van der Waals surface area contributed by atoms with Crippen molar-refractivity contribution in [3.63, 3.8) is 0 Å². The summed E-state index contributed by atoms with van der Waals surface area (Å²) in [4.78, 5) is 11.2. The molecule has 15 heavy (non-hydrogen) atoms. The lowest BCUT2D eigenvalue weighted by molar-refractivity contribution is -0.151. The zero-order valence-electron chi connectivity index (χ0n) is 9.17. The van der Waals surface area contributed by atoms with Gasteiger partial charge in [-0.05, 0) is 0 Å². The molecule has 0 saturated heterocycles. The zero-order chi connectivity index (χ0) is 11.8. The third-order valence-corrected chi connectivity index (χ3v) is 2.01. The molecular formula is C9H18O6. The Kier molecular flexibility index (Phi) is 7.45. The van der Waals surface area contributed by atoms with Crippen molar-refractivity contribution in [2.75, 3.05) is 34.5 Å². The Morgan fingerprint density at radius 2 is 1.87 bits per heavy atom. The fourth-order valence-electron chi connectivity index (χ4n) is 1.29. The number of aliphatic hydroxyl groups excluding tert-OH is 2. The molecule has 0 aromatic rings. The summed E-state index contributed by atoms with van der Waals surface area (Å²) < 4.78 is 14.6. The number of hydrogen-bond acceptors (Lipinski definition) is 6. The van der Waals surface area contributed by atoms with Gasteiger partial charge in [0.1, 0.15) is 24.9 Å². The number of aliphatic hydroxyl groups is 2. The Morgan fingerprint density at radius 3 is 2.20 bits per heavy atom. The van der Waals surface area contributed by atoms with Gasteiger partial charge in [0.2, 0.25) is 0 Å². The summed E-state index contributed by atoms with van der Waals surface area (Å²) >= 11 is 0. The maximum Gasteiger partial charge on any atom is 0.189 e. The first-order valence-corrected chi connectivity index (χ1v) is 4.48. The number of ether oxygens (including phenoxy) is 3. The van der Waals surface area contributed by atoms with Gasteiger partial charge in [-0.3, -0.25) is 4.79 Å². The minimum absolute atomic E-state index is 0.0249. The number of methoxy groups -OCH3 is 3. The first kappa shape index (κ1) is 14.5. The number of rotatable bonds is 8. The Hall–Kier alpha value is -0.530. The van der Waals surface area contributed by atoms with Crippen molar-refractivity contribution in [1.29, 1.82) is 0 Å². The fraction of sp³-hybridized carbons (Fsp3) is 0.889. The molecule has 6 nitrogen and oxygen atoms in total. The minimum Gasteiger partial charge on any atom is -0.388 e. The highest BCUT2D eigenvalue weighted by Gasteiger charge is 2.33. The van der Waals surface area contributed by atoms with E-state index in [1.807, 2.05) is 0 Å². The van der Waals surface area contributed by atoms with Crippen molar-refractivity contribution in [3.8, 4) is 0 Å². The van der Waals surface area contributed by atoms with E-state index in [2.05, 4.69) is 0 Å². The van der Waals surface area contributed by atoms with Crippen LogP contribution in [0, 0.1) is 0 Å². The molecule has 0 aliphatic carbocycles. The number of ketones is 1. The quantitative estimate of drug-likeness (QED) is 0.524. The van der Waals surface area contributed by atoms with Crippen molar-refractivity contribution < 1.29 is 29.2 Å². The second-order valence-corrected chi connectivity index (χ2v) is 3.00. The smallest absolute Gasteiger partial charge is 0.189 e. The molecule has 0 unspecified atom stereocenters. The van der Waals surface area contributed by atoms with Crippen LogP contribution in [-0.4, -0.2) is 68.9 Å². The molecule has 0 radical (unpaired) electrons. The van der Waals surface area contributed by atoms with Crippen LogP contribution in [0.1, 0.15) is 0 Å². The van der Waals surface area contributed by atoms with Crippen molar-refractivity contribution >= 4 is 5.78 Å². The van der Waals surface area contributed by atoms with E-state index in [1.54, 1.807) is 0 Å². The second kappa shape index (κ2) is 7.72. The van der Waals surface area contributed by atoms with E-state index in [9.17, 15) is 9.90 Å². The highest BCUT2D eigenvalue weighted by Crippen LogP contribution is 2.09. The van der Waals surface area contributed by atoms with Gasteiger partial charge in [-0.15, -0.1) is 0 Å². The molecule has 0 aromatic heterocycles. The first-order chi connectivity index (χ1) is 7.12. The van der Waals surface area contributed by atoms with Gasteiger partial charge in [0.05, 0.1) is 6.61 Å². The van der Waals surface area contributed by atoms with Crippen LogP contribution in [0.3, 0.4) is 0 Å².